The molecule has 0 aromatic rings. The standard InChI is InChI=1S/C9H15NO3S2/c1-3-5-13-8(14)10-9(2)4-6-15(11,12)7-9/h3H,1,4-7H2,2H3,(H,10,14). The maximum absolute atomic E-state index is 11.3. The molecule has 1 N–H and O–H groups in total. The van der Waals surface area contributed by atoms with Crippen LogP contribution in [0.5, 0.6) is 0 Å². The average Bonchev–Trinajstić information content (AvgIpc) is 2.37. The second-order valence-electron chi connectivity index (χ2n) is 3.91. The van der Waals surface area contributed by atoms with Crippen LogP contribution >= 0.6 is 12.2 Å². The summed E-state index contributed by atoms with van der Waals surface area (Å²) in [6, 6.07) is 0. The summed E-state index contributed by atoms with van der Waals surface area (Å²) in [7, 11) is -2.92. The fraction of sp³-hybridized carbons (Fsp3) is 0.667. The van der Waals surface area contributed by atoms with Gasteiger partial charge in [0.25, 0.3) is 5.17 Å². The van der Waals surface area contributed by atoms with Crippen LogP contribution in [0.15, 0.2) is 12.7 Å². The molecule has 0 bridgehead atoms. The molecule has 0 spiro atoms. The van der Waals surface area contributed by atoms with E-state index >= 15 is 0 Å². The van der Waals surface area contributed by atoms with E-state index in [2.05, 4.69) is 11.9 Å². The summed E-state index contributed by atoms with van der Waals surface area (Å²) in [6.07, 6.45) is 2.15. The summed E-state index contributed by atoms with van der Waals surface area (Å²) < 4.78 is 27.7. The van der Waals surface area contributed by atoms with E-state index in [1.54, 1.807) is 6.08 Å². The van der Waals surface area contributed by atoms with Gasteiger partial charge in [0.05, 0.1) is 17.0 Å². The van der Waals surface area contributed by atoms with Gasteiger partial charge in [0.15, 0.2) is 9.84 Å². The number of nitrogens with one attached hydrogen (secondary N) is 1. The summed E-state index contributed by atoms with van der Waals surface area (Å²) in [5.74, 6) is 0.318. The maximum atomic E-state index is 11.3. The second kappa shape index (κ2) is 4.49. The van der Waals surface area contributed by atoms with E-state index in [4.69, 9.17) is 17.0 Å². The predicted molar refractivity (Wildman–Crippen MR) is 63.6 cm³/mol. The summed E-state index contributed by atoms with van der Waals surface area (Å²) in [5.41, 5.74) is -0.489. The van der Waals surface area contributed by atoms with Gasteiger partial charge in [-0.1, -0.05) is 12.7 Å². The van der Waals surface area contributed by atoms with Gasteiger partial charge in [0.2, 0.25) is 0 Å². The number of hydrogen-bond donors (Lipinski definition) is 1. The summed E-state index contributed by atoms with van der Waals surface area (Å²) in [4.78, 5) is 0. The molecular formula is C9H15NO3S2. The highest BCUT2D eigenvalue weighted by Crippen LogP contribution is 2.22. The lowest BCUT2D eigenvalue weighted by Crippen LogP contribution is -2.47. The number of thiocarbonyl (C=S) groups is 1. The number of hydrogen-bond acceptors (Lipinski definition) is 4. The Morgan fingerprint density at radius 1 is 1.73 bits per heavy atom. The largest absolute Gasteiger partial charge is 0.467 e. The van der Waals surface area contributed by atoms with Gasteiger partial charge in [-0.15, -0.1) is 0 Å². The lowest BCUT2D eigenvalue weighted by molar-refractivity contribution is 0.318. The van der Waals surface area contributed by atoms with Crippen molar-refractivity contribution in [2.45, 2.75) is 18.9 Å². The molecule has 0 aromatic heterocycles. The molecule has 1 rings (SSSR count). The van der Waals surface area contributed by atoms with Crippen molar-refractivity contribution in [2.75, 3.05) is 18.1 Å². The maximum Gasteiger partial charge on any atom is 0.257 e. The minimum Gasteiger partial charge on any atom is -0.467 e. The quantitative estimate of drug-likeness (QED) is 0.587. The van der Waals surface area contributed by atoms with Crippen LogP contribution in [0.25, 0.3) is 0 Å². The zero-order chi connectivity index (χ0) is 11.5. The van der Waals surface area contributed by atoms with Gasteiger partial charge in [-0.2, -0.15) is 0 Å². The second-order valence-corrected chi connectivity index (χ2v) is 6.47. The van der Waals surface area contributed by atoms with Crippen LogP contribution < -0.4 is 5.32 Å². The molecule has 1 aliphatic rings. The molecule has 15 heavy (non-hydrogen) atoms. The van der Waals surface area contributed by atoms with E-state index < -0.39 is 15.4 Å². The summed E-state index contributed by atoms with van der Waals surface area (Å²) in [5, 5.41) is 3.16. The number of rotatable bonds is 3. The van der Waals surface area contributed by atoms with Gasteiger partial charge in [0.1, 0.15) is 6.61 Å². The van der Waals surface area contributed by atoms with E-state index in [0.717, 1.165) is 0 Å². The Bertz CT molecular complexity index is 364. The van der Waals surface area contributed by atoms with Crippen LogP contribution in [-0.4, -0.2) is 37.2 Å². The highest BCUT2D eigenvalue weighted by molar-refractivity contribution is 7.91. The van der Waals surface area contributed by atoms with Gasteiger partial charge >= 0.3 is 0 Å². The van der Waals surface area contributed by atoms with E-state index in [1.807, 2.05) is 6.92 Å². The van der Waals surface area contributed by atoms with Crippen molar-refractivity contribution in [2.24, 2.45) is 0 Å². The van der Waals surface area contributed by atoms with Crippen molar-refractivity contribution < 1.29 is 13.2 Å². The lowest BCUT2D eigenvalue weighted by Gasteiger charge is -2.24. The normalized spacial score (nSPS) is 28.3. The molecule has 1 unspecified atom stereocenters. The third-order valence-electron chi connectivity index (χ3n) is 2.24. The third-order valence-corrected chi connectivity index (χ3v) is 4.36. The highest BCUT2D eigenvalue weighted by atomic mass is 32.2. The zero-order valence-corrected chi connectivity index (χ0v) is 10.3. The predicted octanol–water partition coefficient (Wildman–Crippen LogP) is 0.641. The van der Waals surface area contributed by atoms with Crippen molar-refractivity contribution in [1.29, 1.82) is 0 Å². The topological polar surface area (TPSA) is 55.4 Å². The van der Waals surface area contributed by atoms with Gasteiger partial charge in [0, 0.05) is 0 Å². The van der Waals surface area contributed by atoms with Crippen LogP contribution in [0, 0.1) is 0 Å². The molecule has 0 aromatic carbocycles. The number of sulfone groups is 1. The Balaban J connectivity index is 2.51. The van der Waals surface area contributed by atoms with Crippen molar-refractivity contribution in [3.8, 4) is 0 Å². The first-order chi connectivity index (χ1) is 6.87. The van der Waals surface area contributed by atoms with E-state index in [9.17, 15) is 8.42 Å². The van der Waals surface area contributed by atoms with Gasteiger partial charge in [-0.05, 0) is 25.6 Å². The van der Waals surface area contributed by atoms with Gasteiger partial charge in [-0.3, -0.25) is 0 Å². The van der Waals surface area contributed by atoms with E-state index in [-0.39, 0.29) is 16.7 Å². The monoisotopic (exact) mass is 249 g/mol. The molecule has 0 radical (unpaired) electrons. The van der Waals surface area contributed by atoms with Crippen LogP contribution in [0.2, 0.25) is 0 Å². The molecule has 0 saturated carbocycles. The van der Waals surface area contributed by atoms with Crippen molar-refractivity contribution in [3.63, 3.8) is 0 Å². The van der Waals surface area contributed by atoms with Crippen molar-refractivity contribution in [1.82, 2.24) is 5.32 Å². The van der Waals surface area contributed by atoms with E-state index in [1.165, 1.54) is 0 Å². The lowest BCUT2D eigenvalue weighted by atomic mass is 10.0. The van der Waals surface area contributed by atoms with Gasteiger partial charge in [-0.25, -0.2) is 8.42 Å². The molecule has 6 heteroatoms. The van der Waals surface area contributed by atoms with Crippen LogP contribution in [0.4, 0.5) is 0 Å². The van der Waals surface area contributed by atoms with Crippen molar-refractivity contribution in [3.05, 3.63) is 12.7 Å². The smallest absolute Gasteiger partial charge is 0.257 e. The summed E-state index contributed by atoms with van der Waals surface area (Å²) in [6.45, 7) is 5.66. The highest BCUT2D eigenvalue weighted by Gasteiger charge is 2.39. The Kier molecular flexibility index (Phi) is 3.72. The Morgan fingerprint density at radius 3 is 2.87 bits per heavy atom. The molecule has 4 nitrogen and oxygen atoms in total. The molecule has 1 atom stereocenters. The molecule has 0 amide bonds. The Morgan fingerprint density at radius 2 is 2.40 bits per heavy atom. The fourth-order valence-corrected chi connectivity index (χ4v) is 3.93. The molecule has 86 valence electrons. The SMILES string of the molecule is C=CCOC(=S)NC1(C)CCS(=O)(=O)C1. The van der Waals surface area contributed by atoms with Crippen LogP contribution in [0.3, 0.4) is 0 Å². The first kappa shape index (κ1) is 12.4. The van der Waals surface area contributed by atoms with Crippen molar-refractivity contribution >= 4 is 27.2 Å². The number of ether oxygens (including phenoxy) is 1. The molecule has 1 heterocycles. The minimum absolute atomic E-state index is 0.109. The molecule has 1 aliphatic heterocycles. The third kappa shape index (κ3) is 3.79. The fourth-order valence-electron chi connectivity index (χ4n) is 1.53. The van der Waals surface area contributed by atoms with Crippen LogP contribution in [-0.2, 0) is 14.6 Å². The van der Waals surface area contributed by atoms with Crippen LogP contribution in [0.1, 0.15) is 13.3 Å². The first-order valence-electron chi connectivity index (χ1n) is 4.63. The first-order valence-corrected chi connectivity index (χ1v) is 6.86. The Hall–Kier alpha value is -0.620. The zero-order valence-electron chi connectivity index (χ0n) is 8.65. The summed E-state index contributed by atoms with van der Waals surface area (Å²) >= 11 is 4.93. The molecule has 0 aliphatic carbocycles. The minimum atomic E-state index is -2.92. The Labute approximate surface area is 95.6 Å². The average molecular weight is 249 g/mol. The van der Waals surface area contributed by atoms with Gasteiger partial charge < -0.3 is 10.1 Å². The molecule has 1 fully saturated rings. The molecular weight excluding hydrogens is 234 g/mol. The van der Waals surface area contributed by atoms with E-state index in [0.29, 0.717) is 13.0 Å². The molecule has 1 saturated heterocycles.